The predicted octanol–water partition coefficient (Wildman–Crippen LogP) is 4.15. The lowest BCUT2D eigenvalue weighted by Crippen LogP contribution is -2.06. The van der Waals surface area contributed by atoms with Gasteiger partial charge in [0, 0.05) is 4.88 Å². The first-order chi connectivity index (χ1) is 8.61. The van der Waals surface area contributed by atoms with Crippen molar-refractivity contribution < 1.29 is 0 Å². The predicted molar refractivity (Wildman–Crippen MR) is 75.1 cm³/mol. The molecule has 2 rings (SSSR count). The number of thiazole rings is 1. The van der Waals surface area contributed by atoms with Crippen molar-refractivity contribution in [1.29, 1.82) is 5.26 Å². The van der Waals surface area contributed by atoms with E-state index >= 15 is 0 Å². The number of aromatic nitrogens is 1. The number of hydrogen-bond donors (Lipinski definition) is 1. The maximum atomic E-state index is 8.79. The molecule has 0 amide bonds. The van der Waals surface area contributed by atoms with Gasteiger partial charge in [0.1, 0.15) is 0 Å². The van der Waals surface area contributed by atoms with Gasteiger partial charge in [-0.1, -0.05) is 11.6 Å². The van der Waals surface area contributed by atoms with Crippen LogP contribution in [0.15, 0.2) is 23.7 Å². The van der Waals surface area contributed by atoms with Gasteiger partial charge in [0.25, 0.3) is 0 Å². The van der Waals surface area contributed by atoms with Crippen LogP contribution in [0.1, 0.15) is 29.1 Å². The van der Waals surface area contributed by atoms with Crippen LogP contribution in [0.2, 0.25) is 5.02 Å². The van der Waals surface area contributed by atoms with Crippen LogP contribution in [0.3, 0.4) is 0 Å². The molecule has 5 heteroatoms. The first-order valence-electron chi connectivity index (χ1n) is 5.48. The summed E-state index contributed by atoms with van der Waals surface area (Å²) in [7, 11) is 0. The molecule has 1 aromatic heterocycles. The highest BCUT2D eigenvalue weighted by Gasteiger charge is 2.12. The molecular formula is C13H12ClN3S. The minimum Gasteiger partial charge on any atom is -0.376 e. The van der Waals surface area contributed by atoms with Crippen LogP contribution < -0.4 is 5.32 Å². The highest BCUT2D eigenvalue weighted by molar-refractivity contribution is 7.09. The third-order valence-electron chi connectivity index (χ3n) is 2.65. The molecular weight excluding hydrogens is 266 g/mol. The smallest absolute Gasteiger partial charge is 0.0992 e. The van der Waals surface area contributed by atoms with Gasteiger partial charge in [-0.05, 0) is 32.0 Å². The molecule has 0 saturated carbocycles. The Bertz CT molecular complexity index is 601. The van der Waals surface area contributed by atoms with Gasteiger partial charge in [-0.2, -0.15) is 5.26 Å². The molecule has 3 nitrogen and oxygen atoms in total. The van der Waals surface area contributed by atoms with E-state index in [-0.39, 0.29) is 6.04 Å². The van der Waals surface area contributed by atoms with Crippen LogP contribution in [-0.4, -0.2) is 4.98 Å². The molecule has 1 aromatic carbocycles. The van der Waals surface area contributed by atoms with E-state index in [0.717, 1.165) is 11.4 Å². The molecule has 18 heavy (non-hydrogen) atoms. The van der Waals surface area contributed by atoms with Gasteiger partial charge in [0.2, 0.25) is 0 Å². The Kier molecular flexibility index (Phi) is 3.85. The number of nitrogens with one attached hydrogen (secondary N) is 1. The number of anilines is 1. The highest BCUT2D eigenvalue weighted by atomic mass is 35.5. The van der Waals surface area contributed by atoms with Crippen LogP contribution in [0.25, 0.3) is 0 Å². The van der Waals surface area contributed by atoms with Gasteiger partial charge in [-0.3, -0.25) is 0 Å². The molecule has 0 aliphatic rings. The van der Waals surface area contributed by atoms with Crippen LogP contribution >= 0.6 is 22.9 Å². The molecule has 0 saturated heterocycles. The zero-order chi connectivity index (χ0) is 13.1. The zero-order valence-electron chi connectivity index (χ0n) is 10.1. The number of halogens is 1. The van der Waals surface area contributed by atoms with Crippen LogP contribution in [0.4, 0.5) is 5.69 Å². The first kappa shape index (κ1) is 12.9. The van der Waals surface area contributed by atoms with Crippen molar-refractivity contribution in [2.75, 3.05) is 5.32 Å². The van der Waals surface area contributed by atoms with E-state index in [0.29, 0.717) is 10.6 Å². The van der Waals surface area contributed by atoms with Crippen LogP contribution in [0, 0.1) is 18.3 Å². The number of rotatable bonds is 3. The lowest BCUT2D eigenvalue weighted by Gasteiger charge is -2.15. The Hall–Kier alpha value is -1.57. The summed E-state index contributed by atoms with van der Waals surface area (Å²) in [4.78, 5) is 5.42. The van der Waals surface area contributed by atoms with E-state index in [2.05, 4.69) is 23.3 Å². The van der Waals surface area contributed by atoms with Crippen LogP contribution in [0.5, 0.6) is 0 Å². The Morgan fingerprint density at radius 1 is 1.50 bits per heavy atom. The second-order valence-corrected chi connectivity index (χ2v) is 5.27. The molecule has 2 aromatic rings. The molecule has 1 heterocycles. The molecule has 1 unspecified atom stereocenters. The van der Waals surface area contributed by atoms with Crippen molar-refractivity contribution in [1.82, 2.24) is 4.98 Å². The van der Waals surface area contributed by atoms with Gasteiger partial charge in [-0.25, -0.2) is 4.98 Å². The Labute approximate surface area is 115 Å². The Morgan fingerprint density at radius 2 is 2.28 bits per heavy atom. The van der Waals surface area contributed by atoms with Crippen molar-refractivity contribution >= 4 is 28.6 Å². The van der Waals surface area contributed by atoms with E-state index in [1.54, 1.807) is 23.5 Å². The fourth-order valence-electron chi connectivity index (χ4n) is 1.73. The first-order valence-corrected chi connectivity index (χ1v) is 6.73. The number of aryl methyl sites for hydroxylation is 1. The monoisotopic (exact) mass is 277 g/mol. The number of hydrogen-bond acceptors (Lipinski definition) is 4. The van der Waals surface area contributed by atoms with Crippen LogP contribution in [-0.2, 0) is 0 Å². The standard InChI is InChI=1S/C13H12ClN3S/c1-8-13(18-7-16-8)9(2)17-12-4-3-10(6-15)5-11(12)14/h3-5,7,9,17H,1-2H3. The Morgan fingerprint density at radius 3 is 2.83 bits per heavy atom. The average molecular weight is 278 g/mol. The minimum absolute atomic E-state index is 0.142. The summed E-state index contributed by atoms with van der Waals surface area (Å²) in [6.45, 7) is 4.06. The maximum Gasteiger partial charge on any atom is 0.0992 e. The minimum atomic E-state index is 0.142. The largest absolute Gasteiger partial charge is 0.376 e. The molecule has 0 aliphatic carbocycles. The highest BCUT2D eigenvalue weighted by Crippen LogP contribution is 2.29. The molecule has 1 atom stereocenters. The Balaban J connectivity index is 2.20. The van der Waals surface area contributed by atoms with E-state index < -0.39 is 0 Å². The van der Waals surface area contributed by atoms with Gasteiger partial charge in [0.15, 0.2) is 0 Å². The molecule has 0 aliphatic heterocycles. The normalized spacial score (nSPS) is 11.9. The fourth-order valence-corrected chi connectivity index (χ4v) is 2.77. The molecule has 0 bridgehead atoms. The molecule has 0 fully saturated rings. The van der Waals surface area contributed by atoms with Gasteiger partial charge < -0.3 is 5.32 Å². The molecule has 0 radical (unpaired) electrons. The summed E-state index contributed by atoms with van der Waals surface area (Å²) in [6.07, 6.45) is 0. The fraction of sp³-hybridized carbons (Fsp3) is 0.231. The van der Waals surface area contributed by atoms with Gasteiger partial charge in [0.05, 0.1) is 39.6 Å². The summed E-state index contributed by atoms with van der Waals surface area (Å²) < 4.78 is 0. The third-order valence-corrected chi connectivity index (χ3v) is 4.07. The van der Waals surface area contributed by atoms with Gasteiger partial charge >= 0.3 is 0 Å². The molecule has 0 spiro atoms. The SMILES string of the molecule is Cc1ncsc1C(C)Nc1ccc(C#N)cc1Cl. The summed E-state index contributed by atoms with van der Waals surface area (Å²) in [5.74, 6) is 0. The van der Waals surface area contributed by atoms with E-state index in [1.165, 1.54) is 4.88 Å². The van der Waals surface area contributed by atoms with Crippen molar-refractivity contribution in [3.05, 3.63) is 44.9 Å². The summed E-state index contributed by atoms with van der Waals surface area (Å²) in [5, 5.41) is 12.7. The molecule has 92 valence electrons. The summed E-state index contributed by atoms with van der Waals surface area (Å²) in [5.41, 5.74) is 4.26. The van der Waals surface area contributed by atoms with Gasteiger partial charge in [-0.15, -0.1) is 11.3 Å². The number of nitriles is 1. The third kappa shape index (κ3) is 2.63. The molecule has 1 N–H and O–H groups in total. The number of nitrogens with zero attached hydrogens (tertiary/aromatic N) is 2. The second kappa shape index (κ2) is 5.38. The lowest BCUT2D eigenvalue weighted by atomic mass is 10.2. The van der Waals surface area contributed by atoms with Crippen molar-refractivity contribution in [3.63, 3.8) is 0 Å². The van der Waals surface area contributed by atoms with Crippen molar-refractivity contribution in [3.8, 4) is 6.07 Å². The summed E-state index contributed by atoms with van der Waals surface area (Å²) >= 11 is 7.75. The van der Waals surface area contributed by atoms with E-state index in [4.69, 9.17) is 16.9 Å². The number of benzene rings is 1. The lowest BCUT2D eigenvalue weighted by molar-refractivity contribution is 0.890. The van der Waals surface area contributed by atoms with Crippen molar-refractivity contribution in [2.24, 2.45) is 0 Å². The second-order valence-electron chi connectivity index (χ2n) is 3.97. The maximum absolute atomic E-state index is 8.79. The van der Waals surface area contributed by atoms with E-state index in [9.17, 15) is 0 Å². The summed E-state index contributed by atoms with van der Waals surface area (Å²) in [6, 6.07) is 7.45. The zero-order valence-corrected chi connectivity index (χ0v) is 11.6. The van der Waals surface area contributed by atoms with Crippen molar-refractivity contribution in [2.45, 2.75) is 19.9 Å². The topological polar surface area (TPSA) is 48.7 Å². The quantitative estimate of drug-likeness (QED) is 0.917. The van der Waals surface area contributed by atoms with E-state index in [1.807, 2.05) is 18.5 Å². The average Bonchev–Trinajstić information content (AvgIpc) is 2.78.